The molecule has 0 aromatic heterocycles. The predicted molar refractivity (Wildman–Crippen MR) is 56.0 cm³/mol. The van der Waals surface area contributed by atoms with Crippen LogP contribution in [-0.2, 0) is 9.59 Å². The Kier molecular flexibility index (Phi) is 3.13. The molecule has 1 aliphatic carbocycles. The molecule has 2 heteroatoms. The summed E-state index contributed by atoms with van der Waals surface area (Å²) in [5.41, 5.74) is -0.309. The SMILES string of the molecule is C[C@@H]1C(=O)CCC[C@H]1C(=O)C(C)(C)C. The first-order valence-electron chi connectivity index (χ1n) is 5.41. The van der Waals surface area contributed by atoms with Gasteiger partial charge in [0.15, 0.2) is 0 Å². The molecule has 0 aliphatic heterocycles. The van der Waals surface area contributed by atoms with Crippen LogP contribution in [0.1, 0.15) is 47.0 Å². The monoisotopic (exact) mass is 196 g/mol. The Morgan fingerprint density at radius 2 is 1.93 bits per heavy atom. The minimum atomic E-state index is -0.309. The number of hydrogen-bond donors (Lipinski definition) is 0. The third-order valence-corrected chi connectivity index (χ3v) is 3.13. The summed E-state index contributed by atoms with van der Waals surface area (Å²) in [7, 11) is 0. The van der Waals surface area contributed by atoms with E-state index in [1.807, 2.05) is 27.7 Å². The molecule has 0 saturated heterocycles. The Morgan fingerprint density at radius 3 is 2.43 bits per heavy atom. The van der Waals surface area contributed by atoms with E-state index in [1.165, 1.54) is 0 Å². The molecule has 1 aliphatic rings. The fraction of sp³-hybridized carbons (Fsp3) is 0.833. The van der Waals surface area contributed by atoms with Gasteiger partial charge in [-0.3, -0.25) is 9.59 Å². The third kappa shape index (κ3) is 2.23. The van der Waals surface area contributed by atoms with Crippen LogP contribution in [0.15, 0.2) is 0 Å². The van der Waals surface area contributed by atoms with Crippen molar-refractivity contribution in [2.75, 3.05) is 0 Å². The summed E-state index contributed by atoms with van der Waals surface area (Å²) < 4.78 is 0. The van der Waals surface area contributed by atoms with Gasteiger partial charge in [-0.2, -0.15) is 0 Å². The van der Waals surface area contributed by atoms with Crippen molar-refractivity contribution in [1.82, 2.24) is 0 Å². The van der Waals surface area contributed by atoms with Gasteiger partial charge in [0.2, 0.25) is 0 Å². The van der Waals surface area contributed by atoms with Gasteiger partial charge in [-0.15, -0.1) is 0 Å². The fourth-order valence-electron chi connectivity index (χ4n) is 2.11. The van der Waals surface area contributed by atoms with E-state index >= 15 is 0 Å². The molecule has 0 aromatic rings. The summed E-state index contributed by atoms with van der Waals surface area (Å²) in [5, 5.41) is 0. The zero-order valence-corrected chi connectivity index (χ0v) is 9.59. The molecule has 1 rings (SSSR count). The van der Waals surface area contributed by atoms with Crippen molar-refractivity contribution in [2.24, 2.45) is 17.3 Å². The van der Waals surface area contributed by atoms with Crippen LogP contribution >= 0.6 is 0 Å². The van der Waals surface area contributed by atoms with Gasteiger partial charge in [-0.25, -0.2) is 0 Å². The number of carbonyl (C=O) groups excluding carboxylic acids is 2. The van der Waals surface area contributed by atoms with Crippen LogP contribution in [0.3, 0.4) is 0 Å². The molecule has 0 amide bonds. The molecule has 0 radical (unpaired) electrons. The summed E-state index contributed by atoms with van der Waals surface area (Å²) >= 11 is 0. The lowest BCUT2D eigenvalue weighted by atomic mass is 9.71. The predicted octanol–water partition coefficient (Wildman–Crippen LogP) is 2.61. The Hall–Kier alpha value is -0.660. The van der Waals surface area contributed by atoms with Gasteiger partial charge in [0, 0.05) is 23.7 Å². The standard InChI is InChI=1S/C12H20O2/c1-8-9(6-5-7-10(8)13)11(14)12(2,3)4/h8-9H,5-7H2,1-4H3/t8-,9+/m0/s1. The van der Waals surface area contributed by atoms with Crippen LogP contribution in [0.4, 0.5) is 0 Å². The molecular formula is C12H20O2. The molecule has 14 heavy (non-hydrogen) atoms. The molecule has 2 nitrogen and oxygen atoms in total. The van der Waals surface area contributed by atoms with Gasteiger partial charge in [-0.1, -0.05) is 27.7 Å². The van der Waals surface area contributed by atoms with Crippen LogP contribution in [0.25, 0.3) is 0 Å². The maximum absolute atomic E-state index is 12.0. The molecule has 1 fully saturated rings. The van der Waals surface area contributed by atoms with Crippen molar-refractivity contribution >= 4 is 11.6 Å². The highest BCUT2D eigenvalue weighted by Gasteiger charge is 2.37. The van der Waals surface area contributed by atoms with Crippen molar-refractivity contribution in [1.29, 1.82) is 0 Å². The second-order valence-corrected chi connectivity index (χ2v) is 5.37. The van der Waals surface area contributed by atoms with Crippen LogP contribution in [-0.4, -0.2) is 11.6 Å². The van der Waals surface area contributed by atoms with Gasteiger partial charge in [0.25, 0.3) is 0 Å². The number of carbonyl (C=O) groups is 2. The minimum absolute atomic E-state index is 0.0313. The Bertz CT molecular complexity index is 248. The Labute approximate surface area is 86.1 Å². The maximum atomic E-state index is 12.0. The molecule has 0 N–H and O–H groups in total. The van der Waals surface area contributed by atoms with Crippen LogP contribution < -0.4 is 0 Å². The van der Waals surface area contributed by atoms with Gasteiger partial charge in [0.05, 0.1) is 0 Å². The first-order valence-corrected chi connectivity index (χ1v) is 5.41. The van der Waals surface area contributed by atoms with Crippen LogP contribution in [0.2, 0.25) is 0 Å². The van der Waals surface area contributed by atoms with E-state index < -0.39 is 0 Å². The topological polar surface area (TPSA) is 34.1 Å². The van der Waals surface area contributed by atoms with Crippen molar-refractivity contribution < 1.29 is 9.59 Å². The van der Waals surface area contributed by atoms with Crippen LogP contribution in [0.5, 0.6) is 0 Å². The van der Waals surface area contributed by atoms with Gasteiger partial charge in [-0.05, 0) is 12.8 Å². The molecule has 2 atom stereocenters. The van der Waals surface area contributed by atoms with E-state index in [1.54, 1.807) is 0 Å². The quantitative estimate of drug-likeness (QED) is 0.646. The van der Waals surface area contributed by atoms with Gasteiger partial charge < -0.3 is 0 Å². The molecular weight excluding hydrogens is 176 g/mol. The highest BCUT2D eigenvalue weighted by Crippen LogP contribution is 2.33. The van der Waals surface area contributed by atoms with E-state index in [-0.39, 0.29) is 28.8 Å². The highest BCUT2D eigenvalue weighted by molar-refractivity contribution is 5.93. The average molecular weight is 196 g/mol. The number of rotatable bonds is 1. The van der Waals surface area contributed by atoms with E-state index in [9.17, 15) is 9.59 Å². The summed E-state index contributed by atoms with van der Waals surface area (Å²) in [5.74, 6) is 0.420. The van der Waals surface area contributed by atoms with Crippen molar-refractivity contribution in [2.45, 2.75) is 47.0 Å². The Morgan fingerprint density at radius 1 is 1.36 bits per heavy atom. The van der Waals surface area contributed by atoms with Gasteiger partial charge in [0.1, 0.15) is 11.6 Å². The summed E-state index contributed by atoms with van der Waals surface area (Å²) in [6.07, 6.45) is 2.44. The first kappa shape index (κ1) is 11.4. The number of Topliss-reactive ketones (excluding diaryl/α,β-unsaturated/α-hetero) is 2. The van der Waals surface area contributed by atoms with Crippen molar-refractivity contribution in [3.63, 3.8) is 0 Å². The van der Waals surface area contributed by atoms with E-state index in [4.69, 9.17) is 0 Å². The summed E-state index contributed by atoms with van der Waals surface area (Å²) in [6.45, 7) is 7.69. The number of hydrogen-bond acceptors (Lipinski definition) is 2. The first-order chi connectivity index (χ1) is 6.34. The molecule has 1 saturated carbocycles. The lowest BCUT2D eigenvalue weighted by Gasteiger charge is -2.31. The second kappa shape index (κ2) is 3.84. The van der Waals surface area contributed by atoms with Crippen LogP contribution in [0, 0.1) is 17.3 Å². The Balaban J connectivity index is 2.77. The minimum Gasteiger partial charge on any atom is -0.299 e. The number of ketones is 2. The van der Waals surface area contributed by atoms with Crippen molar-refractivity contribution in [3.05, 3.63) is 0 Å². The fourth-order valence-corrected chi connectivity index (χ4v) is 2.11. The molecule has 80 valence electrons. The second-order valence-electron chi connectivity index (χ2n) is 5.37. The van der Waals surface area contributed by atoms with Crippen molar-refractivity contribution in [3.8, 4) is 0 Å². The zero-order valence-electron chi connectivity index (χ0n) is 9.59. The van der Waals surface area contributed by atoms with E-state index in [2.05, 4.69) is 0 Å². The average Bonchev–Trinajstić information content (AvgIpc) is 2.07. The van der Waals surface area contributed by atoms with Gasteiger partial charge >= 0.3 is 0 Å². The van der Waals surface area contributed by atoms with E-state index in [0.717, 1.165) is 12.8 Å². The largest absolute Gasteiger partial charge is 0.299 e. The molecule has 0 heterocycles. The smallest absolute Gasteiger partial charge is 0.141 e. The summed E-state index contributed by atoms with van der Waals surface area (Å²) in [4.78, 5) is 23.5. The summed E-state index contributed by atoms with van der Waals surface area (Å²) in [6, 6.07) is 0. The molecule has 0 bridgehead atoms. The normalized spacial score (nSPS) is 29.0. The molecule has 0 unspecified atom stereocenters. The highest BCUT2D eigenvalue weighted by atomic mass is 16.1. The molecule has 0 aromatic carbocycles. The lowest BCUT2D eigenvalue weighted by molar-refractivity contribution is -0.139. The maximum Gasteiger partial charge on any atom is 0.141 e. The molecule has 0 spiro atoms. The third-order valence-electron chi connectivity index (χ3n) is 3.13. The van der Waals surface area contributed by atoms with E-state index in [0.29, 0.717) is 6.42 Å². The zero-order chi connectivity index (χ0) is 10.9. The lowest BCUT2D eigenvalue weighted by Crippen LogP contribution is -2.37.